The molecule has 0 spiro atoms. The van der Waals surface area contributed by atoms with Crippen molar-refractivity contribution in [1.29, 1.82) is 5.26 Å². The SMILES string of the molecule is C[C@@]12CC[C@@](CCOc3ccc4c(c3)CC(=O)O4)(O1)[C@H]1C(=O)N(c3ccc(C#N)c4ccccc34)C(=O)[C@H]12. The van der Waals surface area contributed by atoms with Crippen molar-refractivity contribution >= 4 is 34.2 Å². The number of amides is 2. The Morgan fingerprint density at radius 3 is 2.63 bits per heavy atom. The molecule has 2 bridgehead atoms. The van der Waals surface area contributed by atoms with E-state index in [0.29, 0.717) is 59.4 Å². The summed E-state index contributed by atoms with van der Waals surface area (Å²) in [6.07, 6.45) is 2.03. The van der Waals surface area contributed by atoms with Gasteiger partial charge in [-0.15, -0.1) is 0 Å². The number of imide groups is 1. The Hall–Kier alpha value is -4.22. The second-order valence-electron chi connectivity index (χ2n) is 10.8. The summed E-state index contributed by atoms with van der Waals surface area (Å²) in [5.41, 5.74) is 0.278. The minimum Gasteiger partial charge on any atom is -0.493 e. The molecule has 190 valence electrons. The van der Waals surface area contributed by atoms with Crippen LogP contribution in [0.1, 0.15) is 37.3 Å². The molecule has 4 aliphatic rings. The summed E-state index contributed by atoms with van der Waals surface area (Å²) in [6, 6.07) is 18.2. The third-order valence-electron chi connectivity index (χ3n) is 8.66. The maximum absolute atomic E-state index is 14.0. The summed E-state index contributed by atoms with van der Waals surface area (Å²) >= 11 is 0. The van der Waals surface area contributed by atoms with Gasteiger partial charge >= 0.3 is 5.97 Å². The van der Waals surface area contributed by atoms with Crippen molar-refractivity contribution in [3.8, 4) is 17.6 Å². The van der Waals surface area contributed by atoms with Gasteiger partial charge in [-0.1, -0.05) is 24.3 Å². The smallest absolute Gasteiger partial charge is 0.315 e. The fourth-order valence-electron chi connectivity index (χ4n) is 6.96. The van der Waals surface area contributed by atoms with Crippen LogP contribution in [0.5, 0.6) is 11.5 Å². The second kappa shape index (κ2) is 7.89. The van der Waals surface area contributed by atoms with Crippen molar-refractivity contribution in [2.24, 2.45) is 11.8 Å². The predicted molar refractivity (Wildman–Crippen MR) is 135 cm³/mol. The van der Waals surface area contributed by atoms with Gasteiger partial charge in [-0.05, 0) is 50.1 Å². The second-order valence-corrected chi connectivity index (χ2v) is 10.8. The number of nitriles is 1. The summed E-state index contributed by atoms with van der Waals surface area (Å²) in [7, 11) is 0. The average molecular weight is 509 g/mol. The van der Waals surface area contributed by atoms with Crippen LogP contribution in [0.3, 0.4) is 0 Å². The lowest BCUT2D eigenvalue weighted by Crippen LogP contribution is -2.43. The zero-order chi connectivity index (χ0) is 26.2. The van der Waals surface area contributed by atoms with Gasteiger partial charge in [0.1, 0.15) is 11.5 Å². The summed E-state index contributed by atoms with van der Waals surface area (Å²) in [6.45, 7) is 2.23. The third-order valence-corrected chi connectivity index (χ3v) is 8.66. The Morgan fingerprint density at radius 1 is 1.03 bits per heavy atom. The van der Waals surface area contributed by atoms with E-state index in [0.717, 1.165) is 5.56 Å². The van der Waals surface area contributed by atoms with Gasteiger partial charge in [0.2, 0.25) is 11.8 Å². The van der Waals surface area contributed by atoms with Crippen LogP contribution in [-0.4, -0.2) is 35.6 Å². The van der Waals surface area contributed by atoms with Gasteiger partial charge in [0.15, 0.2) is 0 Å². The molecule has 3 aromatic rings. The van der Waals surface area contributed by atoms with Crippen LogP contribution in [0.25, 0.3) is 10.8 Å². The van der Waals surface area contributed by atoms with E-state index in [2.05, 4.69) is 6.07 Å². The Kier molecular flexibility index (Phi) is 4.76. The lowest BCUT2D eigenvalue weighted by molar-refractivity contribution is -0.132. The van der Waals surface area contributed by atoms with E-state index in [9.17, 15) is 19.6 Å². The molecule has 38 heavy (non-hydrogen) atoms. The number of benzene rings is 3. The first-order valence-corrected chi connectivity index (χ1v) is 12.8. The molecular formula is C30H24N2O6. The van der Waals surface area contributed by atoms with Gasteiger partial charge in [-0.2, -0.15) is 5.26 Å². The summed E-state index contributed by atoms with van der Waals surface area (Å²) in [5, 5.41) is 11.0. The quantitative estimate of drug-likeness (QED) is 0.291. The molecule has 4 aliphatic heterocycles. The van der Waals surface area contributed by atoms with E-state index < -0.39 is 23.0 Å². The molecular weight excluding hydrogens is 484 g/mol. The topological polar surface area (TPSA) is 106 Å². The largest absolute Gasteiger partial charge is 0.493 e. The molecule has 3 aromatic carbocycles. The van der Waals surface area contributed by atoms with Crippen molar-refractivity contribution in [3.05, 3.63) is 65.7 Å². The summed E-state index contributed by atoms with van der Waals surface area (Å²) < 4.78 is 17.7. The minimum absolute atomic E-state index is 0.220. The molecule has 0 aliphatic carbocycles. The molecule has 7 rings (SSSR count). The molecule has 8 nitrogen and oxygen atoms in total. The molecule has 0 saturated carbocycles. The average Bonchev–Trinajstić information content (AvgIpc) is 3.60. The van der Waals surface area contributed by atoms with Crippen molar-refractivity contribution in [1.82, 2.24) is 0 Å². The molecule has 4 heterocycles. The van der Waals surface area contributed by atoms with Crippen LogP contribution in [0.2, 0.25) is 0 Å². The first-order chi connectivity index (χ1) is 18.3. The highest BCUT2D eigenvalue weighted by molar-refractivity contribution is 6.26. The molecule has 2 amide bonds. The van der Waals surface area contributed by atoms with Crippen LogP contribution in [0.4, 0.5) is 5.69 Å². The van der Waals surface area contributed by atoms with Crippen molar-refractivity contribution in [3.63, 3.8) is 0 Å². The van der Waals surface area contributed by atoms with E-state index in [-0.39, 0.29) is 24.2 Å². The summed E-state index contributed by atoms with van der Waals surface area (Å²) in [5.74, 6) is -0.780. The normalized spacial score (nSPS) is 28.9. The van der Waals surface area contributed by atoms with Crippen molar-refractivity contribution < 1.29 is 28.6 Å². The zero-order valence-corrected chi connectivity index (χ0v) is 20.7. The zero-order valence-electron chi connectivity index (χ0n) is 20.7. The molecule has 0 unspecified atom stereocenters. The molecule has 0 aromatic heterocycles. The maximum atomic E-state index is 14.0. The fourth-order valence-corrected chi connectivity index (χ4v) is 6.96. The minimum atomic E-state index is -0.793. The number of ether oxygens (including phenoxy) is 3. The van der Waals surface area contributed by atoms with Crippen LogP contribution >= 0.6 is 0 Å². The first kappa shape index (κ1) is 22.9. The standard InChI is InChI=1S/C30H24N2O6/c1-29-10-11-30(38-29,12-13-36-19-7-9-23-18(14-19)15-24(33)37-23)26-25(29)27(34)32(28(26)35)22-8-6-17(16-31)20-4-2-3-5-21(20)22/h2-9,14,25-26H,10-13,15H2,1H3/t25-,26+,29-,30-/m0/s1. The van der Waals surface area contributed by atoms with Gasteiger partial charge in [-0.25, -0.2) is 4.90 Å². The number of esters is 1. The highest BCUT2D eigenvalue weighted by atomic mass is 16.5. The molecule has 0 N–H and O–H groups in total. The van der Waals surface area contributed by atoms with Crippen molar-refractivity contribution in [2.45, 2.75) is 43.8 Å². The van der Waals surface area contributed by atoms with Gasteiger partial charge in [-0.3, -0.25) is 14.4 Å². The summed E-state index contributed by atoms with van der Waals surface area (Å²) in [4.78, 5) is 40.7. The Bertz CT molecular complexity index is 1610. The number of carbonyl (C=O) groups is 3. The molecule has 8 heteroatoms. The van der Waals surface area contributed by atoms with Gasteiger partial charge < -0.3 is 14.2 Å². The Labute approximate surface area is 218 Å². The highest BCUT2D eigenvalue weighted by Crippen LogP contribution is 2.62. The number of carbonyl (C=O) groups excluding carboxylic acids is 3. The lowest BCUT2D eigenvalue weighted by Gasteiger charge is -2.31. The first-order valence-electron chi connectivity index (χ1n) is 12.8. The molecule has 3 saturated heterocycles. The van der Waals surface area contributed by atoms with Gasteiger partial charge in [0.05, 0.1) is 53.4 Å². The predicted octanol–water partition coefficient (Wildman–Crippen LogP) is 4.07. The van der Waals surface area contributed by atoms with Crippen molar-refractivity contribution in [2.75, 3.05) is 11.5 Å². The van der Waals surface area contributed by atoms with Crippen LogP contribution in [0, 0.1) is 23.2 Å². The molecule has 4 atom stereocenters. The maximum Gasteiger partial charge on any atom is 0.315 e. The number of fused-ring (bicyclic) bond motifs is 7. The van der Waals surface area contributed by atoms with E-state index >= 15 is 0 Å². The number of nitrogens with zero attached hydrogens (tertiary/aromatic N) is 2. The third kappa shape index (κ3) is 3.09. The number of hydrogen-bond donors (Lipinski definition) is 0. The van der Waals surface area contributed by atoms with Crippen LogP contribution in [0.15, 0.2) is 54.6 Å². The van der Waals surface area contributed by atoms with E-state index in [1.807, 2.05) is 31.2 Å². The van der Waals surface area contributed by atoms with E-state index in [4.69, 9.17) is 14.2 Å². The number of rotatable bonds is 5. The Morgan fingerprint density at radius 2 is 1.82 bits per heavy atom. The monoisotopic (exact) mass is 508 g/mol. The number of anilines is 1. The van der Waals surface area contributed by atoms with Gasteiger partial charge in [0, 0.05) is 22.8 Å². The van der Waals surface area contributed by atoms with Crippen LogP contribution in [-0.2, 0) is 25.5 Å². The fraction of sp³-hybridized carbons (Fsp3) is 0.333. The Balaban J connectivity index is 1.18. The highest BCUT2D eigenvalue weighted by Gasteiger charge is 2.73. The van der Waals surface area contributed by atoms with E-state index in [1.54, 1.807) is 30.3 Å². The number of hydrogen-bond acceptors (Lipinski definition) is 7. The van der Waals surface area contributed by atoms with Crippen LogP contribution < -0.4 is 14.4 Å². The molecule has 3 fully saturated rings. The van der Waals surface area contributed by atoms with E-state index in [1.165, 1.54) is 4.90 Å². The van der Waals surface area contributed by atoms with Gasteiger partial charge in [0.25, 0.3) is 0 Å². The lowest BCUT2D eigenvalue weighted by atomic mass is 9.67. The molecule has 0 radical (unpaired) electrons.